The second kappa shape index (κ2) is 8.11. The Hall–Kier alpha value is -0.770. The van der Waals surface area contributed by atoms with Crippen molar-refractivity contribution in [2.45, 2.75) is 75.6 Å². The number of esters is 1. The van der Waals surface area contributed by atoms with Crippen LogP contribution in [0.1, 0.15) is 39.5 Å². The van der Waals surface area contributed by atoms with Gasteiger partial charge >= 0.3 is 5.97 Å². The second-order valence-corrected chi connectivity index (χ2v) is 12.3. The van der Waals surface area contributed by atoms with E-state index < -0.39 is 5.60 Å². The van der Waals surface area contributed by atoms with Crippen LogP contribution < -0.4 is 0 Å². The molecule has 7 bridgehead atoms. The standard InChI is InChI=1S/C27H43NO7/c1-7-28-12-25(13-31-3)9-8-18(33-5)27-16-10-15-17(32-4)11-26(30,19(16)21(15)35-14(2)29)20(24(27)28)22(34-6)23(25)27/h15-24,30H,7-13H2,1-6H3. The van der Waals surface area contributed by atoms with Crippen molar-refractivity contribution in [2.75, 3.05) is 48.1 Å². The Kier molecular flexibility index (Phi) is 5.69. The van der Waals surface area contributed by atoms with Crippen LogP contribution in [0, 0.1) is 40.4 Å². The van der Waals surface area contributed by atoms with Crippen molar-refractivity contribution in [3.05, 3.63) is 0 Å². The summed E-state index contributed by atoms with van der Waals surface area (Å²) in [5.41, 5.74) is -1.30. The first kappa shape index (κ1) is 24.6. The van der Waals surface area contributed by atoms with Gasteiger partial charge in [0.25, 0.3) is 0 Å². The molecule has 1 heterocycles. The van der Waals surface area contributed by atoms with Gasteiger partial charge in [-0.1, -0.05) is 6.92 Å². The van der Waals surface area contributed by atoms with Crippen molar-refractivity contribution in [1.82, 2.24) is 4.90 Å². The van der Waals surface area contributed by atoms with Gasteiger partial charge in [0, 0.05) is 88.9 Å². The summed E-state index contributed by atoms with van der Waals surface area (Å²) in [6.45, 7) is 6.26. The summed E-state index contributed by atoms with van der Waals surface area (Å²) >= 11 is 0. The molecule has 0 aromatic carbocycles. The molecule has 0 amide bonds. The smallest absolute Gasteiger partial charge is 0.302 e. The predicted octanol–water partition coefficient (Wildman–Crippen LogP) is 1.73. The van der Waals surface area contributed by atoms with Crippen LogP contribution in [0.2, 0.25) is 0 Å². The molecule has 5 saturated carbocycles. The summed E-state index contributed by atoms with van der Waals surface area (Å²) < 4.78 is 30.8. The number of fused-ring (bicyclic) bond motifs is 2. The number of methoxy groups -OCH3 is 4. The minimum Gasteiger partial charge on any atom is -0.462 e. The maximum atomic E-state index is 12.9. The SMILES string of the molecule is CCN1CC2(COC)CCC(OC)C34C5CC6C(OC)CC(O)(C5C6OC(C)=O)C(C(OC)C23)C14. The van der Waals surface area contributed by atoms with Crippen LogP contribution in [-0.4, -0.2) is 100 Å². The molecule has 1 N–H and O–H groups in total. The summed E-state index contributed by atoms with van der Waals surface area (Å²) in [4.78, 5) is 14.9. The van der Waals surface area contributed by atoms with Crippen molar-refractivity contribution in [3.8, 4) is 0 Å². The zero-order valence-electron chi connectivity index (χ0n) is 22.1. The van der Waals surface area contributed by atoms with Crippen LogP contribution in [0.4, 0.5) is 0 Å². The van der Waals surface area contributed by atoms with Gasteiger partial charge in [-0.25, -0.2) is 0 Å². The molecule has 8 nitrogen and oxygen atoms in total. The Balaban J connectivity index is 1.62. The highest BCUT2D eigenvalue weighted by molar-refractivity contribution is 5.66. The quantitative estimate of drug-likeness (QED) is 0.537. The normalized spacial score (nSPS) is 55.7. The topological polar surface area (TPSA) is 86.7 Å². The van der Waals surface area contributed by atoms with E-state index >= 15 is 0 Å². The Morgan fingerprint density at radius 3 is 2.46 bits per heavy atom. The average Bonchev–Trinajstić information content (AvgIpc) is 3.25. The van der Waals surface area contributed by atoms with E-state index in [0.717, 1.165) is 32.4 Å². The van der Waals surface area contributed by atoms with Crippen molar-refractivity contribution >= 4 is 5.97 Å². The summed E-state index contributed by atoms with van der Waals surface area (Å²) in [6.07, 6.45) is 2.88. The molecule has 35 heavy (non-hydrogen) atoms. The summed E-state index contributed by atoms with van der Waals surface area (Å²) in [6, 6.07) is 0.149. The van der Waals surface area contributed by atoms with Crippen molar-refractivity contribution < 1.29 is 33.6 Å². The number of piperidine rings is 1. The lowest BCUT2D eigenvalue weighted by molar-refractivity contribution is -0.277. The Bertz CT molecular complexity index is 870. The number of hydrogen-bond donors (Lipinski definition) is 1. The lowest BCUT2D eigenvalue weighted by Crippen LogP contribution is -2.76. The summed E-state index contributed by atoms with van der Waals surface area (Å²) in [5.74, 6) is -0.0732. The lowest BCUT2D eigenvalue weighted by Gasteiger charge is -2.69. The fourth-order valence-electron chi connectivity index (χ4n) is 11.3. The fourth-order valence-corrected chi connectivity index (χ4v) is 11.3. The molecule has 6 aliphatic rings. The molecule has 0 aromatic rings. The highest BCUT2D eigenvalue weighted by Crippen LogP contribution is 2.79. The maximum Gasteiger partial charge on any atom is 0.302 e. The minimum atomic E-state index is -1.04. The number of carbonyl (C=O) groups is 1. The van der Waals surface area contributed by atoms with Gasteiger partial charge in [0.15, 0.2) is 0 Å². The predicted molar refractivity (Wildman–Crippen MR) is 127 cm³/mol. The molecule has 1 aliphatic heterocycles. The van der Waals surface area contributed by atoms with Gasteiger partial charge in [-0.15, -0.1) is 0 Å². The zero-order valence-corrected chi connectivity index (χ0v) is 22.1. The average molecular weight is 494 g/mol. The van der Waals surface area contributed by atoms with E-state index in [2.05, 4.69) is 11.8 Å². The number of hydrogen-bond acceptors (Lipinski definition) is 8. The number of aliphatic hydroxyl groups is 1. The van der Waals surface area contributed by atoms with Gasteiger partial charge in [0.05, 0.1) is 30.5 Å². The molecular formula is C27H43NO7. The third-order valence-electron chi connectivity index (χ3n) is 11.6. The van der Waals surface area contributed by atoms with Gasteiger partial charge in [0.1, 0.15) is 6.10 Å². The number of rotatable bonds is 7. The summed E-state index contributed by atoms with van der Waals surface area (Å²) in [5, 5.41) is 12.9. The van der Waals surface area contributed by atoms with E-state index in [1.807, 2.05) is 21.3 Å². The third kappa shape index (κ3) is 2.72. The monoisotopic (exact) mass is 493 g/mol. The molecule has 1 saturated heterocycles. The molecule has 6 fully saturated rings. The van der Waals surface area contributed by atoms with E-state index in [-0.39, 0.29) is 76.8 Å². The Morgan fingerprint density at radius 2 is 1.86 bits per heavy atom. The number of ether oxygens (including phenoxy) is 5. The first-order valence-electron chi connectivity index (χ1n) is 13.5. The van der Waals surface area contributed by atoms with Crippen LogP contribution in [-0.2, 0) is 28.5 Å². The zero-order chi connectivity index (χ0) is 24.9. The number of likely N-dealkylation sites (tertiary alicyclic amines) is 1. The molecule has 8 heteroatoms. The van der Waals surface area contributed by atoms with Crippen molar-refractivity contribution in [2.24, 2.45) is 40.4 Å². The van der Waals surface area contributed by atoms with Crippen LogP contribution >= 0.6 is 0 Å². The number of nitrogens with zero attached hydrogens (tertiary/aromatic N) is 1. The molecular weight excluding hydrogens is 450 g/mol. The molecule has 0 radical (unpaired) electrons. The first-order valence-corrected chi connectivity index (χ1v) is 13.5. The molecule has 13 unspecified atom stereocenters. The van der Waals surface area contributed by atoms with E-state index in [1.54, 1.807) is 7.11 Å². The van der Waals surface area contributed by atoms with Crippen LogP contribution in [0.3, 0.4) is 0 Å². The highest BCUT2D eigenvalue weighted by Gasteiger charge is 2.86. The Morgan fingerprint density at radius 1 is 1.09 bits per heavy atom. The van der Waals surface area contributed by atoms with Gasteiger partial charge < -0.3 is 28.8 Å². The van der Waals surface area contributed by atoms with Crippen LogP contribution in [0.15, 0.2) is 0 Å². The molecule has 198 valence electrons. The second-order valence-electron chi connectivity index (χ2n) is 12.3. The Labute approximate surface area is 208 Å². The molecule has 1 spiro atoms. The summed E-state index contributed by atoms with van der Waals surface area (Å²) in [7, 11) is 7.20. The van der Waals surface area contributed by atoms with Crippen molar-refractivity contribution in [1.29, 1.82) is 0 Å². The molecule has 6 rings (SSSR count). The van der Waals surface area contributed by atoms with E-state index in [1.165, 1.54) is 6.92 Å². The lowest BCUT2D eigenvalue weighted by atomic mass is 9.43. The van der Waals surface area contributed by atoms with Crippen LogP contribution in [0.25, 0.3) is 0 Å². The minimum absolute atomic E-state index is 0.0591. The van der Waals surface area contributed by atoms with E-state index in [4.69, 9.17) is 23.7 Å². The van der Waals surface area contributed by atoms with E-state index in [9.17, 15) is 9.90 Å². The third-order valence-corrected chi connectivity index (χ3v) is 11.6. The fraction of sp³-hybridized carbons (Fsp3) is 0.963. The molecule has 0 aromatic heterocycles. The van der Waals surface area contributed by atoms with E-state index in [0.29, 0.717) is 13.0 Å². The largest absolute Gasteiger partial charge is 0.462 e. The molecule has 5 aliphatic carbocycles. The van der Waals surface area contributed by atoms with Gasteiger partial charge in [0.2, 0.25) is 0 Å². The van der Waals surface area contributed by atoms with Crippen LogP contribution in [0.5, 0.6) is 0 Å². The van der Waals surface area contributed by atoms with Gasteiger partial charge in [-0.2, -0.15) is 0 Å². The first-order chi connectivity index (χ1) is 16.8. The van der Waals surface area contributed by atoms with Gasteiger partial charge in [-0.05, 0) is 31.7 Å². The molecule has 13 atom stereocenters. The number of carbonyl (C=O) groups excluding carboxylic acids is 1. The maximum absolute atomic E-state index is 12.9. The highest BCUT2D eigenvalue weighted by atomic mass is 16.5. The van der Waals surface area contributed by atoms with Gasteiger partial charge in [-0.3, -0.25) is 9.69 Å². The van der Waals surface area contributed by atoms with Crippen molar-refractivity contribution in [3.63, 3.8) is 0 Å².